The molecule has 0 fully saturated rings. The van der Waals surface area contributed by atoms with Gasteiger partial charge in [-0.2, -0.15) is 4.98 Å². The zero-order chi connectivity index (χ0) is 25.2. The highest BCUT2D eigenvalue weighted by Gasteiger charge is 2.35. The van der Waals surface area contributed by atoms with Crippen molar-refractivity contribution in [1.29, 1.82) is 0 Å². The number of anilines is 2. The van der Waals surface area contributed by atoms with E-state index in [2.05, 4.69) is 10.6 Å². The van der Waals surface area contributed by atoms with Gasteiger partial charge in [-0.1, -0.05) is 18.2 Å². The summed E-state index contributed by atoms with van der Waals surface area (Å²) in [5, 5.41) is 13.1. The Labute approximate surface area is 212 Å². The van der Waals surface area contributed by atoms with Gasteiger partial charge < -0.3 is 24.8 Å². The first kappa shape index (κ1) is 23.4. The lowest BCUT2D eigenvalue weighted by Gasteiger charge is -2.27. The number of carbonyl (C=O) groups is 1. The average molecular weight is 504 g/mol. The summed E-state index contributed by atoms with van der Waals surface area (Å²) in [5.74, 6) is 2.57. The first-order valence-electron chi connectivity index (χ1n) is 11.2. The van der Waals surface area contributed by atoms with Crippen molar-refractivity contribution in [2.45, 2.75) is 13.0 Å². The van der Waals surface area contributed by atoms with Gasteiger partial charge in [0, 0.05) is 16.1 Å². The van der Waals surface area contributed by atoms with E-state index in [-0.39, 0.29) is 5.91 Å². The molecule has 2 N–H and O–H groups in total. The third kappa shape index (κ3) is 4.16. The smallest absolute Gasteiger partial charge is 0.256 e. The molecule has 0 saturated carbocycles. The average Bonchev–Trinajstić information content (AvgIpc) is 3.58. The van der Waals surface area contributed by atoms with Crippen LogP contribution in [0.1, 0.15) is 17.8 Å². The number of nitrogens with one attached hydrogen (secondary N) is 2. The van der Waals surface area contributed by atoms with E-state index in [1.807, 2.05) is 54.8 Å². The molecule has 184 valence electrons. The van der Waals surface area contributed by atoms with Crippen molar-refractivity contribution in [2.24, 2.45) is 0 Å². The van der Waals surface area contributed by atoms with E-state index < -0.39 is 6.04 Å². The number of thiophene rings is 1. The molecule has 36 heavy (non-hydrogen) atoms. The Kier molecular flexibility index (Phi) is 6.34. The Hall–Kier alpha value is -4.31. The summed E-state index contributed by atoms with van der Waals surface area (Å²) in [6, 6.07) is 16.3. The van der Waals surface area contributed by atoms with Crippen molar-refractivity contribution in [1.82, 2.24) is 14.8 Å². The molecule has 2 aromatic heterocycles. The van der Waals surface area contributed by atoms with Crippen LogP contribution in [-0.2, 0) is 4.79 Å². The quantitative estimate of drug-likeness (QED) is 0.368. The fraction of sp³-hybridized carbons (Fsp3) is 0.192. The number of carbonyl (C=O) groups excluding carboxylic acids is 1. The molecule has 2 aromatic carbocycles. The standard InChI is InChI=1S/C26H25N5O4S/c1-15-22(25(32)28-17-8-5-6-9-18(17)33-2)23(21-10-7-13-36-21)31-26(27-15)29-24(30-31)16-11-12-19(34-3)20(14-16)35-4/h5-14,23H,1-4H3,(H,28,32)(H,27,29,30). The fourth-order valence-electron chi connectivity index (χ4n) is 4.19. The van der Waals surface area contributed by atoms with Crippen molar-refractivity contribution in [2.75, 3.05) is 32.0 Å². The summed E-state index contributed by atoms with van der Waals surface area (Å²) in [6.07, 6.45) is 0. The highest BCUT2D eigenvalue weighted by Crippen LogP contribution is 2.39. The van der Waals surface area contributed by atoms with E-state index in [4.69, 9.17) is 24.3 Å². The van der Waals surface area contributed by atoms with E-state index in [1.54, 1.807) is 49.5 Å². The molecule has 5 rings (SSSR count). The molecule has 10 heteroatoms. The van der Waals surface area contributed by atoms with Gasteiger partial charge in [0.15, 0.2) is 17.3 Å². The van der Waals surface area contributed by atoms with E-state index in [0.717, 1.165) is 10.4 Å². The van der Waals surface area contributed by atoms with Crippen molar-refractivity contribution in [3.05, 3.63) is 76.1 Å². The van der Waals surface area contributed by atoms with Crippen molar-refractivity contribution in [3.63, 3.8) is 0 Å². The number of methoxy groups -OCH3 is 3. The van der Waals surface area contributed by atoms with E-state index in [9.17, 15) is 4.79 Å². The van der Waals surface area contributed by atoms with E-state index in [1.165, 1.54) is 0 Å². The minimum absolute atomic E-state index is 0.253. The Balaban J connectivity index is 1.56. The molecule has 0 saturated heterocycles. The van der Waals surface area contributed by atoms with Crippen molar-refractivity contribution >= 4 is 28.9 Å². The molecular formula is C26H25N5O4S. The van der Waals surface area contributed by atoms with Gasteiger partial charge in [0.1, 0.15) is 11.8 Å². The van der Waals surface area contributed by atoms with Crippen LogP contribution < -0.4 is 24.8 Å². The maximum atomic E-state index is 13.6. The lowest BCUT2D eigenvalue weighted by atomic mass is 10.0. The highest BCUT2D eigenvalue weighted by molar-refractivity contribution is 7.10. The summed E-state index contributed by atoms with van der Waals surface area (Å²) in [6.45, 7) is 1.87. The molecule has 1 aliphatic heterocycles. The second-order valence-electron chi connectivity index (χ2n) is 8.01. The monoisotopic (exact) mass is 503 g/mol. The van der Waals surface area contributed by atoms with Crippen LogP contribution in [0.15, 0.2) is 71.2 Å². The van der Waals surface area contributed by atoms with Gasteiger partial charge in [0.2, 0.25) is 5.95 Å². The van der Waals surface area contributed by atoms with Crippen molar-refractivity contribution in [3.8, 4) is 28.6 Å². The van der Waals surface area contributed by atoms with Crippen LogP contribution in [0.25, 0.3) is 11.4 Å². The van der Waals surface area contributed by atoms with Crippen LogP contribution in [0.3, 0.4) is 0 Å². The number of fused-ring (bicyclic) bond motifs is 1. The first-order valence-corrected chi connectivity index (χ1v) is 12.1. The SMILES string of the molecule is COc1ccccc1NC(=O)C1=C(C)Nc2nc(-c3ccc(OC)c(OC)c3)nn2C1c1cccs1. The lowest BCUT2D eigenvalue weighted by molar-refractivity contribution is -0.113. The largest absolute Gasteiger partial charge is 0.495 e. The van der Waals surface area contributed by atoms with Gasteiger partial charge in [0.25, 0.3) is 5.91 Å². The maximum Gasteiger partial charge on any atom is 0.256 e. The van der Waals surface area contributed by atoms with E-state index in [0.29, 0.717) is 46.0 Å². The second kappa shape index (κ2) is 9.74. The first-order chi connectivity index (χ1) is 17.5. The number of benzene rings is 2. The molecule has 3 heterocycles. The predicted molar refractivity (Wildman–Crippen MR) is 139 cm³/mol. The van der Waals surface area contributed by atoms with E-state index >= 15 is 0 Å². The molecule has 0 aliphatic carbocycles. The topological polar surface area (TPSA) is 99.5 Å². The summed E-state index contributed by atoms with van der Waals surface area (Å²) in [5.41, 5.74) is 2.59. The van der Waals surface area contributed by atoms with Crippen molar-refractivity contribution < 1.29 is 19.0 Å². The number of rotatable bonds is 7. The highest BCUT2D eigenvalue weighted by atomic mass is 32.1. The summed E-state index contributed by atoms with van der Waals surface area (Å²) in [4.78, 5) is 19.3. The molecule has 0 bridgehead atoms. The molecule has 0 spiro atoms. The molecule has 1 unspecified atom stereocenters. The Morgan fingerprint density at radius 1 is 1.00 bits per heavy atom. The van der Waals surface area contributed by atoms with Gasteiger partial charge >= 0.3 is 0 Å². The fourth-order valence-corrected chi connectivity index (χ4v) is 5.01. The third-order valence-corrected chi connectivity index (χ3v) is 6.83. The van der Waals surface area contributed by atoms with Gasteiger partial charge in [-0.15, -0.1) is 16.4 Å². The molecule has 1 aliphatic rings. The number of ether oxygens (including phenoxy) is 3. The number of hydrogen-bond acceptors (Lipinski definition) is 8. The normalized spacial score (nSPS) is 14.6. The lowest BCUT2D eigenvalue weighted by Crippen LogP contribution is -2.31. The number of aromatic nitrogens is 3. The minimum Gasteiger partial charge on any atom is -0.495 e. The molecule has 1 amide bonds. The maximum absolute atomic E-state index is 13.6. The minimum atomic E-state index is -0.461. The second-order valence-corrected chi connectivity index (χ2v) is 8.99. The summed E-state index contributed by atoms with van der Waals surface area (Å²) in [7, 11) is 4.75. The predicted octanol–water partition coefficient (Wildman–Crippen LogP) is 4.96. The Bertz CT molecular complexity index is 1440. The van der Waals surface area contributed by atoms with Gasteiger partial charge in [-0.05, 0) is 48.7 Å². The number of nitrogens with zero attached hydrogens (tertiary/aromatic N) is 3. The van der Waals surface area contributed by atoms with Gasteiger partial charge in [-0.25, -0.2) is 4.68 Å². The third-order valence-electron chi connectivity index (χ3n) is 5.91. The Morgan fingerprint density at radius 2 is 1.78 bits per heavy atom. The van der Waals surface area contributed by atoms with Gasteiger partial charge in [-0.3, -0.25) is 4.79 Å². The summed E-state index contributed by atoms with van der Waals surface area (Å²) >= 11 is 1.55. The Morgan fingerprint density at radius 3 is 2.50 bits per heavy atom. The number of hydrogen-bond donors (Lipinski definition) is 2. The molecular weight excluding hydrogens is 478 g/mol. The molecule has 0 radical (unpaired) electrons. The number of para-hydroxylation sites is 2. The van der Waals surface area contributed by atoms with Crippen LogP contribution in [0.2, 0.25) is 0 Å². The number of amides is 1. The molecule has 4 aromatic rings. The zero-order valence-corrected chi connectivity index (χ0v) is 21.1. The van der Waals surface area contributed by atoms with Crippen LogP contribution in [-0.4, -0.2) is 42.0 Å². The molecule has 1 atom stereocenters. The van der Waals surface area contributed by atoms with Crippen LogP contribution in [0.4, 0.5) is 11.6 Å². The number of allylic oxidation sites excluding steroid dienone is 1. The van der Waals surface area contributed by atoms with Crippen LogP contribution >= 0.6 is 11.3 Å². The summed E-state index contributed by atoms with van der Waals surface area (Å²) < 4.78 is 18.0. The zero-order valence-electron chi connectivity index (χ0n) is 20.2. The van der Waals surface area contributed by atoms with Crippen LogP contribution in [0.5, 0.6) is 17.2 Å². The molecule has 9 nitrogen and oxygen atoms in total. The van der Waals surface area contributed by atoms with Crippen LogP contribution in [0, 0.1) is 0 Å². The van der Waals surface area contributed by atoms with Gasteiger partial charge in [0.05, 0.1) is 32.6 Å².